The molecule has 0 aliphatic rings. The highest BCUT2D eigenvalue weighted by molar-refractivity contribution is 5.32. The zero-order valence-corrected chi connectivity index (χ0v) is 13.4. The normalized spacial score (nSPS) is 12.6. The molecule has 1 atom stereocenters. The fourth-order valence-corrected chi connectivity index (χ4v) is 2.19. The Morgan fingerprint density at radius 2 is 1.81 bits per heavy atom. The van der Waals surface area contributed by atoms with Crippen LogP contribution in [0.25, 0.3) is 0 Å². The third kappa shape index (κ3) is 6.44. The van der Waals surface area contributed by atoms with E-state index in [9.17, 15) is 0 Å². The van der Waals surface area contributed by atoms with Crippen molar-refractivity contribution < 1.29 is 14.2 Å². The standard InChI is InChI=1S/C16H28N2O3/c1-14(13-20-3)18(8-10-19-2)9-11-21-16-7-5-4-6-15(16)12-17/h4-7,14H,8-13,17H2,1-3H3. The zero-order valence-electron chi connectivity index (χ0n) is 13.4. The molecule has 0 aliphatic carbocycles. The number of nitrogens with zero attached hydrogens (tertiary/aromatic N) is 1. The lowest BCUT2D eigenvalue weighted by Gasteiger charge is -2.28. The Bertz CT molecular complexity index is 388. The lowest BCUT2D eigenvalue weighted by Crippen LogP contribution is -2.41. The molecule has 5 heteroatoms. The van der Waals surface area contributed by atoms with Gasteiger partial charge in [-0.3, -0.25) is 4.90 Å². The van der Waals surface area contributed by atoms with Gasteiger partial charge in [-0.05, 0) is 13.0 Å². The third-order valence-corrected chi connectivity index (χ3v) is 3.44. The van der Waals surface area contributed by atoms with E-state index in [1.165, 1.54) is 0 Å². The molecule has 21 heavy (non-hydrogen) atoms. The summed E-state index contributed by atoms with van der Waals surface area (Å²) >= 11 is 0. The second-order valence-electron chi connectivity index (χ2n) is 4.99. The van der Waals surface area contributed by atoms with Crippen LogP contribution in [0.4, 0.5) is 0 Å². The van der Waals surface area contributed by atoms with Crippen LogP contribution >= 0.6 is 0 Å². The van der Waals surface area contributed by atoms with E-state index in [0.29, 0.717) is 32.4 Å². The third-order valence-electron chi connectivity index (χ3n) is 3.44. The first-order valence-electron chi connectivity index (χ1n) is 7.35. The molecule has 120 valence electrons. The number of rotatable bonds is 11. The number of para-hydroxylation sites is 1. The van der Waals surface area contributed by atoms with Crippen LogP contribution in [0.1, 0.15) is 12.5 Å². The van der Waals surface area contributed by atoms with Gasteiger partial charge >= 0.3 is 0 Å². The van der Waals surface area contributed by atoms with Gasteiger partial charge in [-0.1, -0.05) is 18.2 Å². The van der Waals surface area contributed by atoms with Crippen molar-refractivity contribution in [2.75, 3.05) is 47.1 Å². The van der Waals surface area contributed by atoms with Gasteiger partial charge < -0.3 is 19.9 Å². The molecule has 0 saturated heterocycles. The Labute approximate surface area is 128 Å². The lowest BCUT2D eigenvalue weighted by molar-refractivity contribution is 0.0661. The van der Waals surface area contributed by atoms with Gasteiger partial charge in [-0.2, -0.15) is 0 Å². The number of nitrogens with two attached hydrogens (primary N) is 1. The van der Waals surface area contributed by atoms with E-state index in [2.05, 4.69) is 11.8 Å². The van der Waals surface area contributed by atoms with E-state index in [1.54, 1.807) is 14.2 Å². The van der Waals surface area contributed by atoms with Crippen LogP contribution in [-0.2, 0) is 16.0 Å². The molecule has 0 aromatic heterocycles. The summed E-state index contributed by atoms with van der Waals surface area (Å²) < 4.78 is 16.3. The smallest absolute Gasteiger partial charge is 0.123 e. The molecular formula is C16H28N2O3. The summed E-state index contributed by atoms with van der Waals surface area (Å²) in [6.45, 7) is 6.34. The number of methoxy groups -OCH3 is 2. The summed E-state index contributed by atoms with van der Waals surface area (Å²) in [5.74, 6) is 0.867. The molecule has 0 heterocycles. The van der Waals surface area contributed by atoms with Crippen molar-refractivity contribution in [3.8, 4) is 5.75 Å². The molecule has 1 aromatic carbocycles. The minimum Gasteiger partial charge on any atom is -0.492 e. The van der Waals surface area contributed by atoms with E-state index >= 15 is 0 Å². The Morgan fingerprint density at radius 1 is 1.10 bits per heavy atom. The highest BCUT2D eigenvalue weighted by atomic mass is 16.5. The molecule has 0 amide bonds. The molecule has 1 unspecified atom stereocenters. The largest absolute Gasteiger partial charge is 0.492 e. The zero-order chi connectivity index (χ0) is 15.5. The van der Waals surface area contributed by atoms with Gasteiger partial charge in [0.25, 0.3) is 0 Å². The second-order valence-corrected chi connectivity index (χ2v) is 4.99. The van der Waals surface area contributed by atoms with Crippen molar-refractivity contribution in [1.29, 1.82) is 0 Å². The summed E-state index contributed by atoms with van der Waals surface area (Å²) in [6, 6.07) is 8.22. The molecule has 0 spiro atoms. The first-order valence-corrected chi connectivity index (χ1v) is 7.35. The average Bonchev–Trinajstić information content (AvgIpc) is 2.51. The van der Waals surface area contributed by atoms with Gasteiger partial charge in [0.05, 0.1) is 13.2 Å². The molecular weight excluding hydrogens is 268 g/mol. The van der Waals surface area contributed by atoms with Crippen molar-refractivity contribution in [2.24, 2.45) is 5.73 Å². The Hall–Kier alpha value is -1.14. The van der Waals surface area contributed by atoms with E-state index in [0.717, 1.165) is 24.4 Å². The second kappa shape index (κ2) is 10.6. The summed E-state index contributed by atoms with van der Waals surface area (Å²) in [5, 5.41) is 0. The highest BCUT2D eigenvalue weighted by Crippen LogP contribution is 2.17. The summed E-state index contributed by atoms with van der Waals surface area (Å²) in [5.41, 5.74) is 6.75. The predicted molar refractivity (Wildman–Crippen MR) is 84.6 cm³/mol. The molecule has 0 aliphatic heterocycles. The highest BCUT2D eigenvalue weighted by Gasteiger charge is 2.13. The maximum atomic E-state index is 5.86. The Kier molecular flexibility index (Phi) is 9.01. The molecule has 0 fully saturated rings. The minimum absolute atomic E-state index is 0.332. The van der Waals surface area contributed by atoms with Gasteiger partial charge in [0.2, 0.25) is 0 Å². The molecule has 1 aromatic rings. The Morgan fingerprint density at radius 3 is 2.48 bits per heavy atom. The number of ether oxygens (including phenoxy) is 3. The van der Waals surface area contributed by atoms with E-state index in [1.807, 2.05) is 24.3 Å². The predicted octanol–water partition coefficient (Wildman–Crippen LogP) is 1.51. The Balaban J connectivity index is 2.48. The van der Waals surface area contributed by atoms with Crippen molar-refractivity contribution in [3.63, 3.8) is 0 Å². The van der Waals surface area contributed by atoms with E-state index < -0.39 is 0 Å². The lowest BCUT2D eigenvalue weighted by atomic mass is 10.2. The van der Waals surface area contributed by atoms with Crippen LogP contribution in [0.5, 0.6) is 5.75 Å². The SMILES string of the molecule is COCCN(CCOc1ccccc1CN)C(C)COC. The van der Waals surface area contributed by atoms with Crippen molar-refractivity contribution in [1.82, 2.24) is 4.90 Å². The first-order chi connectivity index (χ1) is 10.2. The van der Waals surface area contributed by atoms with Crippen LogP contribution in [0.2, 0.25) is 0 Å². The monoisotopic (exact) mass is 296 g/mol. The van der Waals surface area contributed by atoms with Crippen LogP contribution in [0.3, 0.4) is 0 Å². The van der Waals surface area contributed by atoms with Crippen LogP contribution < -0.4 is 10.5 Å². The topological polar surface area (TPSA) is 57.0 Å². The van der Waals surface area contributed by atoms with Crippen molar-refractivity contribution >= 4 is 0 Å². The average molecular weight is 296 g/mol. The number of benzene rings is 1. The van der Waals surface area contributed by atoms with Crippen LogP contribution in [0, 0.1) is 0 Å². The quantitative estimate of drug-likeness (QED) is 0.671. The van der Waals surface area contributed by atoms with Gasteiger partial charge in [-0.15, -0.1) is 0 Å². The van der Waals surface area contributed by atoms with Crippen LogP contribution in [-0.4, -0.2) is 58.1 Å². The molecule has 0 radical (unpaired) electrons. The fourth-order valence-electron chi connectivity index (χ4n) is 2.19. The maximum absolute atomic E-state index is 5.86. The molecule has 1 rings (SSSR count). The van der Waals surface area contributed by atoms with Crippen molar-refractivity contribution in [2.45, 2.75) is 19.5 Å². The first kappa shape index (κ1) is 17.9. The van der Waals surface area contributed by atoms with Gasteiger partial charge in [0.1, 0.15) is 12.4 Å². The summed E-state index contributed by atoms with van der Waals surface area (Å²) in [6.07, 6.45) is 0. The van der Waals surface area contributed by atoms with Gasteiger partial charge in [-0.25, -0.2) is 0 Å². The molecule has 0 bridgehead atoms. The fraction of sp³-hybridized carbons (Fsp3) is 0.625. The molecule has 0 saturated carbocycles. The van der Waals surface area contributed by atoms with Gasteiger partial charge in [0, 0.05) is 45.5 Å². The minimum atomic E-state index is 0.332. The maximum Gasteiger partial charge on any atom is 0.123 e. The molecule has 2 N–H and O–H groups in total. The van der Waals surface area contributed by atoms with Crippen molar-refractivity contribution in [3.05, 3.63) is 29.8 Å². The van der Waals surface area contributed by atoms with E-state index in [4.69, 9.17) is 19.9 Å². The molecule has 5 nitrogen and oxygen atoms in total. The van der Waals surface area contributed by atoms with E-state index in [-0.39, 0.29) is 0 Å². The van der Waals surface area contributed by atoms with Gasteiger partial charge in [0.15, 0.2) is 0 Å². The summed E-state index contributed by atoms with van der Waals surface area (Å²) in [7, 11) is 3.44. The number of hydrogen-bond donors (Lipinski definition) is 1. The summed E-state index contributed by atoms with van der Waals surface area (Å²) in [4.78, 5) is 2.30. The van der Waals surface area contributed by atoms with Crippen LogP contribution in [0.15, 0.2) is 24.3 Å². The number of hydrogen-bond acceptors (Lipinski definition) is 5.